The van der Waals surface area contributed by atoms with Crippen LogP contribution in [0.4, 0.5) is 0 Å². The summed E-state index contributed by atoms with van der Waals surface area (Å²) < 4.78 is 0. The molecule has 0 aromatic rings. The molecule has 104 valence electrons. The molecule has 0 fully saturated rings. The molecule has 2 heteroatoms. The number of allylic oxidation sites excluding steroid dienone is 3. The van der Waals surface area contributed by atoms with Crippen molar-refractivity contribution >= 4 is 5.91 Å². The Bertz CT molecular complexity index is 254. The summed E-state index contributed by atoms with van der Waals surface area (Å²) >= 11 is 0. The van der Waals surface area contributed by atoms with Crippen LogP contribution in [0, 0.1) is 5.92 Å². The molecule has 0 saturated heterocycles. The molecule has 0 bridgehead atoms. The van der Waals surface area contributed by atoms with Gasteiger partial charge in [0.05, 0.1) is 0 Å². The van der Waals surface area contributed by atoms with E-state index in [1.165, 1.54) is 25.7 Å². The smallest absolute Gasteiger partial charge is 0.243 e. The van der Waals surface area contributed by atoms with Crippen molar-refractivity contribution in [2.75, 3.05) is 6.54 Å². The van der Waals surface area contributed by atoms with Gasteiger partial charge in [0.15, 0.2) is 0 Å². The molecule has 0 aliphatic heterocycles. The van der Waals surface area contributed by atoms with E-state index in [0.29, 0.717) is 5.92 Å². The highest BCUT2D eigenvalue weighted by Gasteiger charge is 1.96. The molecule has 0 unspecified atom stereocenters. The van der Waals surface area contributed by atoms with Gasteiger partial charge in [0.1, 0.15) is 0 Å². The molecule has 0 rings (SSSR count). The summed E-state index contributed by atoms with van der Waals surface area (Å²) in [6.45, 7) is 7.15. The third-order valence-corrected chi connectivity index (χ3v) is 2.59. The number of carbonyl (C=O) groups is 1. The Hall–Kier alpha value is -1.05. The Kier molecular flexibility index (Phi) is 11.7. The number of hydrogen-bond acceptors (Lipinski definition) is 1. The lowest BCUT2D eigenvalue weighted by atomic mass is 10.2. The first-order chi connectivity index (χ1) is 8.66. The molecular weight excluding hydrogens is 222 g/mol. The molecule has 0 aliphatic rings. The van der Waals surface area contributed by atoms with Crippen LogP contribution < -0.4 is 5.32 Å². The van der Waals surface area contributed by atoms with E-state index in [2.05, 4.69) is 38.2 Å². The highest BCUT2D eigenvalue weighted by atomic mass is 16.1. The maximum absolute atomic E-state index is 11.3. The van der Waals surface area contributed by atoms with E-state index in [0.717, 1.165) is 19.4 Å². The van der Waals surface area contributed by atoms with Crippen LogP contribution >= 0.6 is 0 Å². The molecule has 0 aromatic carbocycles. The lowest BCUT2D eigenvalue weighted by molar-refractivity contribution is -0.116. The van der Waals surface area contributed by atoms with Crippen LogP contribution in [-0.4, -0.2) is 12.5 Å². The second kappa shape index (κ2) is 12.4. The number of carbonyl (C=O) groups excluding carboxylic acids is 1. The Morgan fingerprint density at radius 3 is 2.39 bits per heavy atom. The highest BCUT2D eigenvalue weighted by Crippen LogP contribution is 2.01. The molecule has 0 atom stereocenters. The van der Waals surface area contributed by atoms with Crippen molar-refractivity contribution in [3.8, 4) is 0 Å². The van der Waals surface area contributed by atoms with Crippen LogP contribution in [0.25, 0.3) is 0 Å². The molecule has 18 heavy (non-hydrogen) atoms. The summed E-state index contributed by atoms with van der Waals surface area (Å²) in [5.74, 6) is 0.532. The fourth-order valence-electron chi connectivity index (χ4n) is 1.49. The first-order valence-corrected chi connectivity index (χ1v) is 7.26. The van der Waals surface area contributed by atoms with Crippen molar-refractivity contribution in [2.45, 2.75) is 59.3 Å². The number of nitrogens with one attached hydrogen (secondary N) is 1. The molecule has 1 amide bonds. The lowest BCUT2D eigenvalue weighted by Crippen LogP contribution is -2.25. The van der Waals surface area contributed by atoms with Crippen LogP contribution in [0.2, 0.25) is 0 Å². The molecule has 0 aliphatic carbocycles. The van der Waals surface area contributed by atoms with Crippen LogP contribution in [0.5, 0.6) is 0 Å². The van der Waals surface area contributed by atoms with E-state index < -0.39 is 0 Å². The quantitative estimate of drug-likeness (QED) is 0.351. The van der Waals surface area contributed by atoms with Crippen LogP contribution in [-0.2, 0) is 4.79 Å². The second-order valence-corrected chi connectivity index (χ2v) is 5.09. The topological polar surface area (TPSA) is 29.1 Å². The Morgan fingerprint density at radius 2 is 1.72 bits per heavy atom. The molecule has 0 saturated carbocycles. The SMILES string of the molecule is CCCCC/C=C\CC/C=C/C(=O)NCC(C)C. The van der Waals surface area contributed by atoms with Crippen LogP contribution in [0.15, 0.2) is 24.3 Å². The minimum absolute atomic E-state index is 0.0237. The minimum Gasteiger partial charge on any atom is -0.352 e. The summed E-state index contributed by atoms with van der Waals surface area (Å²) in [7, 11) is 0. The molecular formula is C16H29NO. The third-order valence-electron chi connectivity index (χ3n) is 2.59. The van der Waals surface area contributed by atoms with E-state index in [-0.39, 0.29) is 5.91 Å². The molecule has 0 radical (unpaired) electrons. The maximum atomic E-state index is 11.3. The summed E-state index contributed by atoms with van der Waals surface area (Å²) in [6.07, 6.45) is 15.1. The van der Waals surface area contributed by atoms with Gasteiger partial charge in [-0.2, -0.15) is 0 Å². The van der Waals surface area contributed by atoms with Gasteiger partial charge < -0.3 is 5.32 Å². The van der Waals surface area contributed by atoms with Crippen LogP contribution in [0.3, 0.4) is 0 Å². The van der Waals surface area contributed by atoms with Crippen molar-refractivity contribution in [1.82, 2.24) is 5.32 Å². The van der Waals surface area contributed by atoms with E-state index >= 15 is 0 Å². The Morgan fingerprint density at radius 1 is 1.06 bits per heavy atom. The molecule has 0 spiro atoms. The first kappa shape index (κ1) is 16.9. The number of amides is 1. The fourth-order valence-corrected chi connectivity index (χ4v) is 1.49. The molecule has 2 nitrogen and oxygen atoms in total. The lowest BCUT2D eigenvalue weighted by Gasteiger charge is -2.03. The zero-order valence-electron chi connectivity index (χ0n) is 12.2. The van der Waals surface area contributed by atoms with E-state index in [9.17, 15) is 4.79 Å². The van der Waals surface area contributed by atoms with Crippen molar-refractivity contribution in [2.24, 2.45) is 5.92 Å². The fraction of sp³-hybridized carbons (Fsp3) is 0.688. The van der Waals surface area contributed by atoms with Gasteiger partial charge in [-0.1, -0.05) is 51.8 Å². The van der Waals surface area contributed by atoms with E-state index in [4.69, 9.17) is 0 Å². The summed E-state index contributed by atoms with van der Waals surface area (Å²) in [5.41, 5.74) is 0. The second-order valence-electron chi connectivity index (χ2n) is 5.09. The minimum atomic E-state index is 0.0237. The molecule has 0 heterocycles. The average molecular weight is 251 g/mol. The van der Waals surface area contributed by atoms with Gasteiger partial charge in [0, 0.05) is 6.54 Å². The van der Waals surface area contributed by atoms with Crippen molar-refractivity contribution in [1.29, 1.82) is 0 Å². The standard InChI is InChI=1S/C16H29NO/c1-4-5-6-7-8-9-10-11-12-13-16(18)17-14-15(2)3/h8-9,12-13,15H,4-7,10-11,14H2,1-3H3,(H,17,18)/b9-8-,13-12+. The van der Waals surface area contributed by atoms with Gasteiger partial charge in [-0.05, 0) is 37.7 Å². The summed E-state index contributed by atoms with van der Waals surface area (Å²) in [4.78, 5) is 11.3. The highest BCUT2D eigenvalue weighted by molar-refractivity contribution is 5.87. The van der Waals surface area contributed by atoms with Crippen molar-refractivity contribution in [3.63, 3.8) is 0 Å². The first-order valence-electron chi connectivity index (χ1n) is 7.26. The summed E-state index contributed by atoms with van der Waals surface area (Å²) in [5, 5.41) is 2.86. The van der Waals surface area contributed by atoms with Gasteiger partial charge in [0.2, 0.25) is 5.91 Å². The average Bonchev–Trinajstić information content (AvgIpc) is 2.34. The number of unbranched alkanes of at least 4 members (excludes halogenated alkanes) is 4. The normalized spacial score (nSPS) is 11.8. The summed E-state index contributed by atoms with van der Waals surface area (Å²) in [6, 6.07) is 0. The van der Waals surface area contributed by atoms with Gasteiger partial charge in [0.25, 0.3) is 0 Å². The number of hydrogen-bond donors (Lipinski definition) is 1. The predicted octanol–water partition coefficient (Wildman–Crippen LogP) is 4.23. The Labute approximate surface area is 113 Å². The van der Waals surface area contributed by atoms with Gasteiger partial charge >= 0.3 is 0 Å². The predicted molar refractivity (Wildman–Crippen MR) is 79.5 cm³/mol. The van der Waals surface area contributed by atoms with Gasteiger partial charge in [-0.15, -0.1) is 0 Å². The zero-order chi connectivity index (χ0) is 13.6. The van der Waals surface area contributed by atoms with Crippen molar-refractivity contribution < 1.29 is 4.79 Å². The molecule has 0 aromatic heterocycles. The maximum Gasteiger partial charge on any atom is 0.243 e. The van der Waals surface area contributed by atoms with Crippen molar-refractivity contribution in [3.05, 3.63) is 24.3 Å². The van der Waals surface area contributed by atoms with Gasteiger partial charge in [-0.25, -0.2) is 0 Å². The monoisotopic (exact) mass is 251 g/mol. The zero-order valence-corrected chi connectivity index (χ0v) is 12.2. The van der Waals surface area contributed by atoms with E-state index in [1.807, 2.05) is 6.08 Å². The third kappa shape index (κ3) is 13.0. The van der Waals surface area contributed by atoms with Gasteiger partial charge in [-0.3, -0.25) is 4.79 Å². The largest absolute Gasteiger partial charge is 0.352 e. The number of rotatable bonds is 10. The van der Waals surface area contributed by atoms with Crippen LogP contribution in [0.1, 0.15) is 59.3 Å². The van der Waals surface area contributed by atoms with E-state index in [1.54, 1.807) is 6.08 Å². The Balaban J connectivity index is 3.44. The molecule has 1 N–H and O–H groups in total.